The van der Waals surface area contributed by atoms with Gasteiger partial charge in [-0.05, 0) is 31.7 Å². The number of hydrogen-bond donors (Lipinski definition) is 2. The second kappa shape index (κ2) is 6.06. The van der Waals surface area contributed by atoms with Crippen LogP contribution in [0.15, 0.2) is 24.3 Å². The van der Waals surface area contributed by atoms with Crippen LogP contribution in [0.5, 0.6) is 5.75 Å². The Bertz CT molecular complexity index is 345. The zero-order valence-electron chi connectivity index (χ0n) is 10.7. The van der Waals surface area contributed by atoms with Gasteiger partial charge in [-0.2, -0.15) is 0 Å². The summed E-state index contributed by atoms with van der Waals surface area (Å²) < 4.78 is 0. The lowest BCUT2D eigenvalue weighted by atomic mass is 9.84. The first kappa shape index (κ1) is 12.4. The average molecular weight is 233 g/mol. The summed E-state index contributed by atoms with van der Waals surface area (Å²) in [7, 11) is 0. The van der Waals surface area contributed by atoms with Crippen LogP contribution in [0.25, 0.3) is 0 Å². The third-order valence-corrected chi connectivity index (χ3v) is 3.96. The standard InChI is InChI=1S/C15H23NO/c1-12(13-7-3-2-4-8-13)16-11-14-9-5-6-10-15(14)17/h5-6,9-10,12-13,16-17H,2-4,7-8,11H2,1H3/t12-/m0/s1. The van der Waals surface area contributed by atoms with Crippen LogP contribution < -0.4 is 5.32 Å². The second-order valence-electron chi connectivity index (χ2n) is 5.20. The van der Waals surface area contributed by atoms with Crippen molar-refractivity contribution in [3.8, 4) is 5.75 Å². The van der Waals surface area contributed by atoms with E-state index >= 15 is 0 Å². The predicted octanol–water partition coefficient (Wildman–Crippen LogP) is 3.45. The topological polar surface area (TPSA) is 32.3 Å². The summed E-state index contributed by atoms with van der Waals surface area (Å²) in [6.45, 7) is 3.04. The van der Waals surface area contributed by atoms with E-state index in [0.29, 0.717) is 11.8 Å². The maximum atomic E-state index is 9.69. The Morgan fingerprint density at radius 2 is 1.94 bits per heavy atom. The number of phenolic OH excluding ortho intramolecular Hbond substituents is 1. The molecule has 2 N–H and O–H groups in total. The van der Waals surface area contributed by atoms with Crippen LogP contribution in [0.4, 0.5) is 0 Å². The van der Waals surface area contributed by atoms with Crippen molar-refractivity contribution in [1.82, 2.24) is 5.32 Å². The van der Waals surface area contributed by atoms with Crippen LogP contribution in [-0.2, 0) is 6.54 Å². The minimum Gasteiger partial charge on any atom is -0.508 e. The minimum absolute atomic E-state index is 0.399. The Balaban J connectivity index is 1.83. The molecule has 0 heterocycles. The molecule has 1 aromatic carbocycles. The maximum Gasteiger partial charge on any atom is 0.120 e. The highest BCUT2D eigenvalue weighted by atomic mass is 16.3. The van der Waals surface area contributed by atoms with Crippen LogP contribution in [0.2, 0.25) is 0 Å². The van der Waals surface area contributed by atoms with Gasteiger partial charge < -0.3 is 10.4 Å². The van der Waals surface area contributed by atoms with E-state index in [1.165, 1.54) is 32.1 Å². The molecule has 94 valence electrons. The molecule has 2 rings (SSSR count). The third-order valence-electron chi connectivity index (χ3n) is 3.96. The van der Waals surface area contributed by atoms with Gasteiger partial charge in [0.05, 0.1) is 0 Å². The van der Waals surface area contributed by atoms with Gasteiger partial charge in [-0.15, -0.1) is 0 Å². The summed E-state index contributed by atoms with van der Waals surface area (Å²) in [5.41, 5.74) is 0.996. The van der Waals surface area contributed by atoms with E-state index in [-0.39, 0.29) is 0 Å². The van der Waals surface area contributed by atoms with Crippen LogP contribution in [0.1, 0.15) is 44.6 Å². The Hall–Kier alpha value is -1.02. The van der Waals surface area contributed by atoms with Gasteiger partial charge in [-0.25, -0.2) is 0 Å². The van der Waals surface area contributed by atoms with Crippen molar-refractivity contribution in [1.29, 1.82) is 0 Å². The molecule has 1 atom stereocenters. The summed E-state index contributed by atoms with van der Waals surface area (Å²) >= 11 is 0. The van der Waals surface area contributed by atoms with E-state index in [2.05, 4.69) is 12.2 Å². The normalized spacial score (nSPS) is 19.1. The van der Waals surface area contributed by atoms with Crippen LogP contribution in [0.3, 0.4) is 0 Å². The van der Waals surface area contributed by atoms with E-state index in [1.807, 2.05) is 18.2 Å². The van der Waals surface area contributed by atoms with Crippen molar-refractivity contribution >= 4 is 0 Å². The molecule has 2 heteroatoms. The Labute approximate surface area is 104 Å². The first-order valence-electron chi connectivity index (χ1n) is 6.77. The molecule has 17 heavy (non-hydrogen) atoms. The van der Waals surface area contributed by atoms with E-state index < -0.39 is 0 Å². The molecule has 0 radical (unpaired) electrons. The molecular formula is C15H23NO. The molecule has 0 aliphatic heterocycles. The Morgan fingerprint density at radius 3 is 2.65 bits per heavy atom. The van der Waals surface area contributed by atoms with Crippen molar-refractivity contribution in [2.45, 2.75) is 51.6 Å². The highest BCUT2D eigenvalue weighted by molar-refractivity contribution is 5.31. The van der Waals surface area contributed by atoms with Crippen molar-refractivity contribution in [2.24, 2.45) is 5.92 Å². The van der Waals surface area contributed by atoms with Crippen molar-refractivity contribution < 1.29 is 5.11 Å². The monoisotopic (exact) mass is 233 g/mol. The molecule has 2 nitrogen and oxygen atoms in total. The van der Waals surface area contributed by atoms with Crippen LogP contribution in [0, 0.1) is 5.92 Å². The molecule has 0 spiro atoms. The highest BCUT2D eigenvalue weighted by Crippen LogP contribution is 2.26. The number of nitrogens with one attached hydrogen (secondary N) is 1. The molecule has 1 aliphatic rings. The van der Waals surface area contributed by atoms with Crippen molar-refractivity contribution in [2.75, 3.05) is 0 Å². The number of aromatic hydroxyl groups is 1. The fraction of sp³-hybridized carbons (Fsp3) is 0.600. The Kier molecular flexibility index (Phi) is 4.43. The van der Waals surface area contributed by atoms with Gasteiger partial charge in [0, 0.05) is 18.2 Å². The van der Waals surface area contributed by atoms with Gasteiger partial charge in [0.25, 0.3) is 0 Å². The highest BCUT2D eigenvalue weighted by Gasteiger charge is 2.19. The van der Waals surface area contributed by atoms with Crippen molar-refractivity contribution in [3.05, 3.63) is 29.8 Å². The van der Waals surface area contributed by atoms with Gasteiger partial charge in [-0.1, -0.05) is 37.5 Å². The number of para-hydroxylation sites is 1. The predicted molar refractivity (Wildman–Crippen MR) is 71.0 cm³/mol. The lowest BCUT2D eigenvalue weighted by Crippen LogP contribution is -2.34. The van der Waals surface area contributed by atoms with E-state index in [4.69, 9.17) is 0 Å². The quantitative estimate of drug-likeness (QED) is 0.835. The summed E-state index contributed by atoms with van der Waals surface area (Å²) in [4.78, 5) is 0. The molecule has 0 bridgehead atoms. The average Bonchev–Trinajstić information content (AvgIpc) is 2.38. The fourth-order valence-corrected chi connectivity index (χ4v) is 2.73. The lowest BCUT2D eigenvalue weighted by Gasteiger charge is -2.28. The molecule has 0 saturated heterocycles. The fourth-order valence-electron chi connectivity index (χ4n) is 2.73. The van der Waals surface area contributed by atoms with Gasteiger partial charge >= 0.3 is 0 Å². The first-order chi connectivity index (χ1) is 8.27. The van der Waals surface area contributed by atoms with Gasteiger partial charge in [0.1, 0.15) is 5.75 Å². The zero-order chi connectivity index (χ0) is 12.1. The molecule has 0 amide bonds. The molecule has 1 aliphatic carbocycles. The number of phenols is 1. The third kappa shape index (κ3) is 3.47. The van der Waals surface area contributed by atoms with Crippen molar-refractivity contribution in [3.63, 3.8) is 0 Å². The van der Waals surface area contributed by atoms with E-state index in [1.54, 1.807) is 6.07 Å². The van der Waals surface area contributed by atoms with Gasteiger partial charge in [-0.3, -0.25) is 0 Å². The van der Waals surface area contributed by atoms with Gasteiger partial charge in [0.15, 0.2) is 0 Å². The lowest BCUT2D eigenvalue weighted by molar-refractivity contribution is 0.280. The molecule has 0 aromatic heterocycles. The van der Waals surface area contributed by atoms with E-state index in [0.717, 1.165) is 18.0 Å². The van der Waals surface area contributed by atoms with Crippen LogP contribution >= 0.6 is 0 Å². The number of rotatable bonds is 4. The summed E-state index contributed by atoms with van der Waals surface area (Å²) in [5, 5.41) is 13.2. The van der Waals surface area contributed by atoms with Crippen LogP contribution in [-0.4, -0.2) is 11.1 Å². The van der Waals surface area contributed by atoms with E-state index in [9.17, 15) is 5.11 Å². The summed E-state index contributed by atoms with van der Waals surface area (Å²) in [6.07, 6.45) is 6.88. The largest absolute Gasteiger partial charge is 0.508 e. The molecule has 1 aromatic rings. The Morgan fingerprint density at radius 1 is 1.24 bits per heavy atom. The summed E-state index contributed by atoms with van der Waals surface area (Å²) in [6, 6.07) is 8.12. The number of hydrogen-bond acceptors (Lipinski definition) is 2. The summed E-state index contributed by atoms with van der Waals surface area (Å²) in [5.74, 6) is 1.21. The SMILES string of the molecule is C[C@H](NCc1ccccc1O)C1CCCCC1. The minimum atomic E-state index is 0.399. The second-order valence-corrected chi connectivity index (χ2v) is 5.20. The number of benzene rings is 1. The zero-order valence-corrected chi connectivity index (χ0v) is 10.7. The molecular weight excluding hydrogens is 210 g/mol. The molecule has 1 fully saturated rings. The molecule has 0 unspecified atom stereocenters. The first-order valence-corrected chi connectivity index (χ1v) is 6.77. The molecule has 1 saturated carbocycles. The van der Waals surface area contributed by atoms with Gasteiger partial charge in [0.2, 0.25) is 0 Å². The smallest absolute Gasteiger partial charge is 0.120 e. The maximum absolute atomic E-state index is 9.69.